The van der Waals surface area contributed by atoms with Crippen LogP contribution >= 0.6 is 0 Å². The van der Waals surface area contributed by atoms with Crippen molar-refractivity contribution in [3.63, 3.8) is 0 Å². The van der Waals surface area contributed by atoms with Crippen molar-refractivity contribution in [2.75, 3.05) is 10.5 Å². The molecule has 21 heavy (non-hydrogen) atoms. The molecule has 9 nitrogen and oxygen atoms in total. The molecule has 0 aliphatic carbocycles. The number of nitrogens with two attached hydrogens (primary N) is 1. The van der Waals surface area contributed by atoms with Gasteiger partial charge in [0.05, 0.1) is 22.5 Å². The highest BCUT2D eigenvalue weighted by Gasteiger charge is 2.21. The van der Waals surface area contributed by atoms with Crippen molar-refractivity contribution in [2.45, 2.75) is 18.4 Å². The Balaban J connectivity index is 2.39. The third kappa shape index (κ3) is 3.11. The minimum atomic E-state index is -4.03. The quantitative estimate of drug-likeness (QED) is 0.484. The Bertz CT molecular complexity index is 784. The predicted octanol–water partition coefficient (Wildman–Crippen LogP) is 1.19. The zero-order chi connectivity index (χ0) is 15.6. The topological polar surface area (TPSA) is 133 Å². The molecule has 0 fully saturated rings. The van der Waals surface area contributed by atoms with Crippen LogP contribution < -0.4 is 10.5 Å². The van der Waals surface area contributed by atoms with Crippen LogP contribution in [0.25, 0.3) is 0 Å². The molecular weight excluding hydrogens is 298 g/mol. The normalized spacial score (nSPS) is 11.3. The fraction of sp³-hybridized carbons (Fsp3) is 0.182. The van der Waals surface area contributed by atoms with Crippen molar-refractivity contribution < 1.29 is 13.3 Å². The lowest BCUT2D eigenvalue weighted by Crippen LogP contribution is -2.14. The fourth-order valence-corrected chi connectivity index (χ4v) is 2.85. The number of anilines is 2. The molecule has 1 aromatic heterocycles. The first-order chi connectivity index (χ1) is 9.83. The Hall–Kier alpha value is -2.62. The summed E-state index contributed by atoms with van der Waals surface area (Å²) in [7, 11) is -4.03. The summed E-state index contributed by atoms with van der Waals surface area (Å²) in [5.74, 6) is 0. The van der Waals surface area contributed by atoms with Gasteiger partial charge in [-0.05, 0) is 13.0 Å². The fourth-order valence-electron chi connectivity index (χ4n) is 1.67. The maximum atomic E-state index is 12.2. The van der Waals surface area contributed by atoms with E-state index < -0.39 is 14.9 Å². The van der Waals surface area contributed by atoms with E-state index in [1.54, 1.807) is 0 Å². The Labute approximate surface area is 120 Å². The number of benzene rings is 1. The van der Waals surface area contributed by atoms with Crippen LogP contribution in [-0.4, -0.2) is 23.1 Å². The highest BCUT2D eigenvalue weighted by Crippen LogP contribution is 2.25. The van der Waals surface area contributed by atoms with Gasteiger partial charge in [0, 0.05) is 24.9 Å². The monoisotopic (exact) mass is 311 g/mol. The lowest BCUT2D eigenvalue weighted by Gasteiger charge is -2.08. The van der Waals surface area contributed by atoms with Crippen LogP contribution in [0.15, 0.2) is 35.5 Å². The van der Waals surface area contributed by atoms with Crippen LogP contribution in [0.1, 0.15) is 6.92 Å². The molecule has 0 aliphatic heterocycles. The molecular formula is C11H13N5O4S. The number of nitrogen functional groups attached to an aromatic ring is 1. The number of nitro groups is 1. The first-order valence-corrected chi connectivity index (χ1v) is 7.41. The number of rotatable bonds is 5. The van der Waals surface area contributed by atoms with E-state index in [0.717, 1.165) is 12.1 Å². The summed E-state index contributed by atoms with van der Waals surface area (Å²) >= 11 is 0. The molecule has 0 saturated carbocycles. The van der Waals surface area contributed by atoms with Crippen molar-refractivity contribution >= 4 is 27.1 Å². The summed E-state index contributed by atoms with van der Waals surface area (Å²) in [6.07, 6.45) is 2.85. The Morgan fingerprint density at radius 3 is 2.76 bits per heavy atom. The molecule has 0 atom stereocenters. The molecule has 0 saturated heterocycles. The number of aromatic nitrogens is 2. The van der Waals surface area contributed by atoms with E-state index in [9.17, 15) is 18.5 Å². The second-order valence-corrected chi connectivity index (χ2v) is 5.82. The highest BCUT2D eigenvalue weighted by molar-refractivity contribution is 7.92. The number of hydrogen-bond acceptors (Lipinski definition) is 6. The van der Waals surface area contributed by atoms with Crippen LogP contribution in [0.4, 0.5) is 17.1 Å². The first-order valence-electron chi connectivity index (χ1n) is 5.92. The van der Waals surface area contributed by atoms with Gasteiger partial charge in [0.15, 0.2) is 0 Å². The Morgan fingerprint density at radius 1 is 1.48 bits per heavy atom. The molecule has 3 N–H and O–H groups in total. The van der Waals surface area contributed by atoms with Crippen molar-refractivity contribution in [1.82, 2.24) is 9.78 Å². The van der Waals surface area contributed by atoms with E-state index in [4.69, 9.17) is 5.73 Å². The van der Waals surface area contributed by atoms with Crippen molar-refractivity contribution in [2.24, 2.45) is 0 Å². The standard InChI is InChI=1S/C11H13N5O4S/c1-2-15-7-8(6-13-15)14-21(19,20)11-5-9(16(17)18)3-4-10(11)12/h3-7,14H,2,12H2,1H3. The van der Waals surface area contributed by atoms with Crippen LogP contribution in [0.2, 0.25) is 0 Å². The second-order valence-electron chi connectivity index (χ2n) is 4.17. The third-order valence-corrected chi connectivity index (χ3v) is 4.14. The molecule has 0 amide bonds. The molecule has 0 radical (unpaired) electrons. The zero-order valence-corrected chi connectivity index (χ0v) is 11.9. The van der Waals surface area contributed by atoms with Gasteiger partial charge in [-0.15, -0.1) is 0 Å². The molecule has 2 rings (SSSR count). The largest absolute Gasteiger partial charge is 0.398 e. The molecule has 1 heterocycles. The molecule has 1 aromatic carbocycles. The smallest absolute Gasteiger partial charge is 0.270 e. The summed E-state index contributed by atoms with van der Waals surface area (Å²) in [4.78, 5) is 9.69. The van der Waals surface area contributed by atoms with E-state index in [-0.39, 0.29) is 22.0 Å². The van der Waals surface area contributed by atoms with Gasteiger partial charge in [-0.25, -0.2) is 8.42 Å². The average molecular weight is 311 g/mol. The molecule has 10 heteroatoms. The minimum Gasteiger partial charge on any atom is -0.398 e. The van der Waals surface area contributed by atoms with E-state index in [2.05, 4.69) is 9.82 Å². The number of non-ortho nitro benzene ring substituents is 1. The number of sulfonamides is 1. The number of nitro benzene ring substituents is 1. The molecule has 0 unspecified atom stereocenters. The zero-order valence-electron chi connectivity index (χ0n) is 11.1. The molecule has 0 spiro atoms. The van der Waals surface area contributed by atoms with Crippen molar-refractivity contribution in [3.8, 4) is 0 Å². The summed E-state index contributed by atoms with van der Waals surface area (Å²) in [6.45, 7) is 2.44. The number of nitrogens with one attached hydrogen (secondary N) is 1. The van der Waals surface area contributed by atoms with Crippen molar-refractivity contribution in [3.05, 3.63) is 40.7 Å². The second kappa shape index (κ2) is 5.40. The van der Waals surface area contributed by atoms with Gasteiger partial charge in [0.25, 0.3) is 15.7 Å². The SMILES string of the molecule is CCn1cc(NS(=O)(=O)c2cc([N+](=O)[O-])ccc2N)cn1. The van der Waals surface area contributed by atoms with Gasteiger partial charge < -0.3 is 5.73 Å². The number of aryl methyl sites for hydroxylation is 1. The van der Waals surface area contributed by atoms with Gasteiger partial charge in [-0.3, -0.25) is 19.5 Å². The summed E-state index contributed by atoms with van der Waals surface area (Å²) in [5, 5.41) is 14.7. The molecule has 0 aliphatic rings. The maximum Gasteiger partial charge on any atom is 0.270 e. The summed E-state index contributed by atoms with van der Waals surface area (Å²) < 4.78 is 28.3. The van der Waals surface area contributed by atoms with E-state index >= 15 is 0 Å². The maximum absolute atomic E-state index is 12.2. The minimum absolute atomic E-state index is 0.0732. The Morgan fingerprint density at radius 2 is 2.19 bits per heavy atom. The van der Waals surface area contributed by atoms with Crippen LogP contribution in [0.5, 0.6) is 0 Å². The molecule has 0 bridgehead atoms. The van der Waals surface area contributed by atoms with Gasteiger partial charge in [0.2, 0.25) is 0 Å². The predicted molar refractivity (Wildman–Crippen MR) is 76.2 cm³/mol. The van der Waals surface area contributed by atoms with Gasteiger partial charge >= 0.3 is 0 Å². The van der Waals surface area contributed by atoms with Crippen LogP contribution in [0, 0.1) is 10.1 Å². The van der Waals surface area contributed by atoms with Crippen LogP contribution in [-0.2, 0) is 16.6 Å². The van der Waals surface area contributed by atoms with Crippen molar-refractivity contribution in [1.29, 1.82) is 0 Å². The van der Waals surface area contributed by atoms with Gasteiger partial charge in [0.1, 0.15) is 4.90 Å². The van der Waals surface area contributed by atoms with E-state index in [1.807, 2.05) is 6.92 Å². The summed E-state index contributed by atoms with van der Waals surface area (Å²) in [5.41, 5.74) is 5.42. The van der Waals surface area contributed by atoms with Crippen LogP contribution in [0.3, 0.4) is 0 Å². The lowest BCUT2D eigenvalue weighted by molar-refractivity contribution is -0.385. The lowest BCUT2D eigenvalue weighted by atomic mass is 10.3. The van der Waals surface area contributed by atoms with E-state index in [0.29, 0.717) is 6.54 Å². The highest BCUT2D eigenvalue weighted by atomic mass is 32.2. The van der Waals surface area contributed by atoms with Gasteiger partial charge in [-0.2, -0.15) is 5.10 Å². The average Bonchev–Trinajstić information content (AvgIpc) is 2.85. The molecule has 112 valence electrons. The number of nitrogens with zero attached hydrogens (tertiary/aromatic N) is 3. The Kier molecular flexibility index (Phi) is 3.80. The van der Waals surface area contributed by atoms with E-state index in [1.165, 1.54) is 23.1 Å². The third-order valence-electron chi connectivity index (χ3n) is 2.71. The van der Waals surface area contributed by atoms with Gasteiger partial charge in [-0.1, -0.05) is 0 Å². The number of hydrogen-bond donors (Lipinski definition) is 2. The first kappa shape index (κ1) is 14.8. The molecule has 2 aromatic rings. The summed E-state index contributed by atoms with van der Waals surface area (Å²) in [6, 6.07) is 3.24.